The standard InChI is InChI=1S/C16H18BrN5O4S/c1-26-14-6-7-18-16(19-14)21-20-15(23)12-10-11(4-5-13(12)17)27(24,25)22-8-2-3-9-22/h4-7,10H,2-3,8-9H2,1H3,(H,20,23)(H,18,19,21). The summed E-state index contributed by atoms with van der Waals surface area (Å²) in [4.78, 5) is 20.5. The summed E-state index contributed by atoms with van der Waals surface area (Å²) in [6.07, 6.45) is 3.15. The third kappa shape index (κ3) is 4.37. The highest BCUT2D eigenvalue weighted by molar-refractivity contribution is 9.10. The molecule has 0 saturated carbocycles. The van der Waals surface area contributed by atoms with Gasteiger partial charge in [0.2, 0.25) is 21.9 Å². The second-order valence-corrected chi connectivity index (χ2v) is 8.55. The Morgan fingerprint density at radius 1 is 1.26 bits per heavy atom. The fourth-order valence-electron chi connectivity index (χ4n) is 2.61. The number of ether oxygens (including phenoxy) is 1. The topological polar surface area (TPSA) is 114 Å². The number of aromatic nitrogens is 2. The van der Waals surface area contributed by atoms with Crippen LogP contribution < -0.4 is 15.6 Å². The summed E-state index contributed by atoms with van der Waals surface area (Å²) in [6.45, 7) is 0.989. The minimum atomic E-state index is -3.62. The van der Waals surface area contributed by atoms with Crippen LogP contribution >= 0.6 is 15.9 Å². The molecule has 1 amide bonds. The van der Waals surface area contributed by atoms with Crippen molar-refractivity contribution in [1.29, 1.82) is 0 Å². The smallest absolute Gasteiger partial charge is 0.270 e. The van der Waals surface area contributed by atoms with E-state index in [0.29, 0.717) is 23.4 Å². The van der Waals surface area contributed by atoms with Gasteiger partial charge in [-0.25, -0.2) is 13.4 Å². The zero-order valence-electron chi connectivity index (χ0n) is 14.5. The first kappa shape index (κ1) is 19.5. The second-order valence-electron chi connectivity index (χ2n) is 5.75. The monoisotopic (exact) mass is 455 g/mol. The van der Waals surface area contributed by atoms with Crippen molar-refractivity contribution in [2.75, 3.05) is 25.6 Å². The lowest BCUT2D eigenvalue weighted by molar-refractivity contribution is 0.0961. The average molecular weight is 456 g/mol. The molecule has 9 nitrogen and oxygen atoms in total. The van der Waals surface area contributed by atoms with E-state index in [-0.39, 0.29) is 16.4 Å². The van der Waals surface area contributed by atoms with Crippen molar-refractivity contribution in [2.24, 2.45) is 0 Å². The Morgan fingerprint density at radius 2 is 2.00 bits per heavy atom. The van der Waals surface area contributed by atoms with Crippen LogP contribution in [-0.4, -0.2) is 48.8 Å². The Labute approximate surface area is 165 Å². The number of nitrogens with one attached hydrogen (secondary N) is 2. The second kappa shape index (κ2) is 8.19. The van der Waals surface area contributed by atoms with E-state index in [4.69, 9.17) is 4.74 Å². The molecule has 1 aliphatic heterocycles. The maximum Gasteiger partial charge on any atom is 0.270 e. The number of sulfonamides is 1. The van der Waals surface area contributed by atoms with Crippen molar-refractivity contribution in [3.8, 4) is 5.88 Å². The van der Waals surface area contributed by atoms with Gasteiger partial charge in [0.15, 0.2) is 0 Å². The highest BCUT2D eigenvalue weighted by Crippen LogP contribution is 2.25. The van der Waals surface area contributed by atoms with Crippen LogP contribution in [0.3, 0.4) is 0 Å². The van der Waals surface area contributed by atoms with Crippen LogP contribution in [0.4, 0.5) is 5.95 Å². The average Bonchev–Trinajstić information content (AvgIpc) is 3.22. The third-order valence-corrected chi connectivity index (χ3v) is 6.60. The number of carbonyl (C=O) groups is 1. The lowest BCUT2D eigenvalue weighted by Gasteiger charge is -2.16. The van der Waals surface area contributed by atoms with Gasteiger partial charge in [0.1, 0.15) is 0 Å². The molecule has 0 atom stereocenters. The number of hydrogen-bond donors (Lipinski definition) is 2. The van der Waals surface area contributed by atoms with Crippen LogP contribution in [0.2, 0.25) is 0 Å². The Morgan fingerprint density at radius 3 is 2.70 bits per heavy atom. The van der Waals surface area contributed by atoms with Crippen LogP contribution in [0.1, 0.15) is 23.2 Å². The maximum atomic E-state index is 12.7. The van der Waals surface area contributed by atoms with Gasteiger partial charge in [-0.15, -0.1) is 0 Å². The lowest BCUT2D eigenvalue weighted by Crippen LogP contribution is -2.31. The molecule has 2 aromatic rings. The van der Waals surface area contributed by atoms with Gasteiger partial charge in [-0.3, -0.25) is 15.6 Å². The molecule has 144 valence electrons. The predicted molar refractivity (Wildman–Crippen MR) is 102 cm³/mol. The van der Waals surface area contributed by atoms with Crippen molar-refractivity contribution in [1.82, 2.24) is 19.7 Å². The predicted octanol–water partition coefficient (Wildman–Crippen LogP) is 1.79. The molecule has 3 rings (SSSR count). The number of amides is 1. The molecule has 0 bridgehead atoms. The number of hydrazine groups is 1. The molecular formula is C16H18BrN5O4S. The number of halogens is 1. The Kier molecular flexibility index (Phi) is 5.92. The molecule has 1 aromatic carbocycles. The number of carbonyl (C=O) groups excluding carboxylic acids is 1. The zero-order chi connectivity index (χ0) is 19.4. The van der Waals surface area contributed by atoms with Crippen LogP contribution in [0.15, 0.2) is 39.8 Å². The van der Waals surface area contributed by atoms with Gasteiger partial charge in [-0.05, 0) is 47.0 Å². The number of anilines is 1. The van der Waals surface area contributed by atoms with Crippen molar-refractivity contribution in [3.63, 3.8) is 0 Å². The Hall–Kier alpha value is -2.24. The summed E-state index contributed by atoms with van der Waals surface area (Å²) in [6, 6.07) is 5.94. The van der Waals surface area contributed by atoms with E-state index in [9.17, 15) is 13.2 Å². The van der Waals surface area contributed by atoms with Crippen molar-refractivity contribution in [2.45, 2.75) is 17.7 Å². The summed E-state index contributed by atoms with van der Waals surface area (Å²) in [5, 5.41) is 0. The Bertz CT molecular complexity index is 948. The van der Waals surface area contributed by atoms with E-state index in [1.165, 1.54) is 29.7 Å². The van der Waals surface area contributed by atoms with Gasteiger partial charge in [0, 0.05) is 29.8 Å². The molecule has 1 aromatic heterocycles. The molecule has 1 aliphatic rings. The van der Waals surface area contributed by atoms with Crippen molar-refractivity contribution >= 4 is 37.8 Å². The van der Waals surface area contributed by atoms with Gasteiger partial charge >= 0.3 is 0 Å². The maximum absolute atomic E-state index is 12.7. The summed E-state index contributed by atoms with van der Waals surface area (Å²) >= 11 is 3.28. The van der Waals surface area contributed by atoms with Crippen LogP contribution in [0.25, 0.3) is 0 Å². The third-order valence-electron chi connectivity index (χ3n) is 4.01. The van der Waals surface area contributed by atoms with Gasteiger partial charge in [0.25, 0.3) is 5.91 Å². The summed E-state index contributed by atoms with van der Waals surface area (Å²) in [5.41, 5.74) is 5.20. The minimum absolute atomic E-state index is 0.0791. The van der Waals surface area contributed by atoms with Gasteiger partial charge < -0.3 is 4.74 Å². The van der Waals surface area contributed by atoms with Crippen molar-refractivity contribution < 1.29 is 17.9 Å². The van der Waals surface area contributed by atoms with E-state index >= 15 is 0 Å². The molecule has 27 heavy (non-hydrogen) atoms. The number of rotatable bonds is 6. The van der Waals surface area contributed by atoms with Crippen LogP contribution in [0.5, 0.6) is 5.88 Å². The molecule has 0 aliphatic carbocycles. The molecule has 0 radical (unpaired) electrons. The van der Waals surface area contributed by atoms with E-state index in [1.54, 1.807) is 12.1 Å². The van der Waals surface area contributed by atoms with Crippen LogP contribution in [0, 0.1) is 0 Å². The van der Waals surface area contributed by atoms with E-state index in [2.05, 4.69) is 36.7 Å². The zero-order valence-corrected chi connectivity index (χ0v) is 16.9. The molecule has 2 heterocycles. The molecule has 2 N–H and O–H groups in total. The van der Waals surface area contributed by atoms with E-state index < -0.39 is 15.9 Å². The molecule has 11 heteroatoms. The normalized spacial score (nSPS) is 14.7. The lowest BCUT2D eigenvalue weighted by atomic mass is 10.2. The van der Waals surface area contributed by atoms with Gasteiger partial charge in [0.05, 0.1) is 17.6 Å². The van der Waals surface area contributed by atoms with Crippen molar-refractivity contribution in [3.05, 3.63) is 40.5 Å². The first-order chi connectivity index (χ1) is 12.9. The molecule has 1 fully saturated rings. The number of hydrogen-bond acceptors (Lipinski definition) is 7. The van der Waals surface area contributed by atoms with E-state index in [0.717, 1.165) is 12.8 Å². The SMILES string of the molecule is COc1ccnc(NNC(=O)c2cc(S(=O)(=O)N3CCCC3)ccc2Br)n1. The molecule has 0 spiro atoms. The Balaban J connectivity index is 1.78. The number of nitrogens with zero attached hydrogens (tertiary/aromatic N) is 3. The van der Waals surface area contributed by atoms with Crippen LogP contribution in [-0.2, 0) is 10.0 Å². The number of methoxy groups -OCH3 is 1. The molecule has 1 saturated heterocycles. The fourth-order valence-corrected chi connectivity index (χ4v) is 4.58. The highest BCUT2D eigenvalue weighted by atomic mass is 79.9. The first-order valence-corrected chi connectivity index (χ1v) is 10.4. The summed E-state index contributed by atoms with van der Waals surface area (Å²) in [7, 11) is -2.15. The molecule has 0 unspecified atom stereocenters. The van der Waals surface area contributed by atoms with E-state index in [1.807, 2.05) is 0 Å². The number of benzene rings is 1. The van der Waals surface area contributed by atoms with Gasteiger partial charge in [-0.2, -0.15) is 9.29 Å². The summed E-state index contributed by atoms with van der Waals surface area (Å²) in [5.74, 6) is -0.0620. The highest BCUT2D eigenvalue weighted by Gasteiger charge is 2.28. The summed E-state index contributed by atoms with van der Waals surface area (Å²) < 4.78 is 32.3. The van der Waals surface area contributed by atoms with Gasteiger partial charge in [-0.1, -0.05) is 0 Å². The largest absolute Gasteiger partial charge is 0.481 e. The minimum Gasteiger partial charge on any atom is -0.481 e. The molecular weight excluding hydrogens is 438 g/mol. The fraction of sp³-hybridized carbons (Fsp3) is 0.312. The first-order valence-electron chi connectivity index (χ1n) is 8.15. The quantitative estimate of drug-likeness (QED) is 0.638.